The summed E-state index contributed by atoms with van der Waals surface area (Å²) in [6, 6.07) is 17.0. The molecule has 0 bridgehead atoms. The number of ether oxygens (including phenoxy) is 1. The second kappa shape index (κ2) is 8.71. The molecule has 4 rings (SSSR count). The predicted octanol–water partition coefficient (Wildman–Crippen LogP) is 5.26. The lowest BCUT2D eigenvalue weighted by molar-refractivity contribution is 0.309. The fourth-order valence-electron chi connectivity index (χ4n) is 4.74. The summed E-state index contributed by atoms with van der Waals surface area (Å²) in [5.74, 6) is 0.856. The molecule has 3 heterocycles. The number of aryl methyl sites for hydroxylation is 1. The van der Waals surface area contributed by atoms with Crippen LogP contribution in [0.2, 0.25) is 0 Å². The Morgan fingerprint density at radius 2 is 1.87 bits per heavy atom. The van der Waals surface area contributed by atoms with E-state index in [1.165, 1.54) is 22.5 Å². The van der Waals surface area contributed by atoms with Crippen molar-refractivity contribution >= 4 is 17.3 Å². The number of benzene rings is 1. The first-order chi connectivity index (χ1) is 14.9. The summed E-state index contributed by atoms with van der Waals surface area (Å²) in [6.45, 7) is 9.57. The number of aromatic nitrogens is 2. The van der Waals surface area contributed by atoms with E-state index in [0.29, 0.717) is 6.04 Å². The standard InChI is InChI=1S/C25H30N4OS/c1-16(2)29-17(3)14-21(18(29)4)24-23(22-8-6-7-13-26-22)27-25(31)28(24)15-19-9-11-20(30-5)12-10-19/h6-14,16,23-24H,15H2,1-5H3,(H,27,31). The van der Waals surface area contributed by atoms with Crippen LogP contribution < -0.4 is 10.1 Å². The van der Waals surface area contributed by atoms with Crippen molar-refractivity contribution < 1.29 is 4.74 Å². The number of nitrogens with one attached hydrogen (secondary N) is 1. The van der Waals surface area contributed by atoms with Crippen molar-refractivity contribution in [2.45, 2.75) is 52.4 Å². The first-order valence-electron chi connectivity index (χ1n) is 10.7. The van der Waals surface area contributed by atoms with Crippen LogP contribution in [-0.2, 0) is 6.54 Å². The highest BCUT2D eigenvalue weighted by Gasteiger charge is 2.41. The Bertz CT molecular complexity index is 1060. The molecule has 0 aliphatic carbocycles. The van der Waals surface area contributed by atoms with Gasteiger partial charge in [-0.2, -0.15) is 0 Å². The normalized spacial score (nSPS) is 18.5. The summed E-state index contributed by atoms with van der Waals surface area (Å²) in [4.78, 5) is 6.95. The molecule has 0 radical (unpaired) electrons. The van der Waals surface area contributed by atoms with Gasteiger partial charge in [0.15, 0.2) is 5.11 Å². The van der Waals surface area contributed by atoms with Gasteiger partial charge in [0.05, 0.1) is 24.9 Å². The van der Waals surface area contributed by atoms with Crippen molar-refractivity contribution in [1.29, 1.82) is 0 Å². The number of thiocarbonyl (C=S) groups is 1. The van der Waals surface area contributed by atoms with Crippen LogP contribution in [0, 0.1) is 13.8 Å². The Hall–Kier alpha value is -2.86. The fourth-order valence-corrected chi connectivity index (χ4v) is 5.04. The van der Waals surface area contributed by atoms with E-state index in [4.69, 9.17) is 17.0 Å². The number of hydrogen-bond acceptors (Lipinski definition) is 3. The third-order valence-electron chi connectivity index (χ3n) is 6.07. The smallest absolute Gasteiger partial charge is 0.170 e. The Morgan fingerprint density at radius 1 is 1.13 bits per heavy atom. The molecule has 1 aromatic carbocycles. The van der Waals surface area contributed by atoms with E-state index in [-0.39, 0.29) is 12.1 Å². The first-order valence-corrected chi connectivity index (χ1v) is 11.1. The van der Waals surface area contributed by atoms with Gasteiger partial charge in [-0.3, -0.25) is 4.98 Å². The summed E-state index contributed by atoms with van der Waals surface area (Å²) >= 11 is 5.83. The largest absolute Gasteiger partial charge is 0.497 e. The summed E-state index contributed by atoms with van der Waals surface area (Å²) in [5.41, 5.74) is 6.03. The van der Waals surface area contributed by atoms with Gasteiger partial charge in [-0.05, 0) is 81.4 Å². The van der Waals surface area contributed by atoms with Crippen molar-refractivity contribution in [2.24, 2.45) is 0 Å². The Kier molecular flexibility index (Phi) is 6.01. The van der Waals surface area contributed by atoms with Crippen LogP contribution in [0.25, 0.3) is 0 Å². The second-order valence-electron chi connectivity index (χ2n) is 8.39. The van der Waals surface area contributed by atoms with Crippen molar-refractivity contribution in [2.75, 3.05) is 7.11 Å². The van der Waals surface area contributed by atoms with Gasteiger partial charge < -0.3 is 19.5 Å². The topological polar surface area (TPSA) is 42.3 Å². The summed E-state index contributed by atoms with van der Waals surface area (Å²) < 4.78 is 7.72. The minimum atomic E-state index is -0.00643. The van der Waals surface area contributed by atoms with Crippen molar-refractivity contribution in [1.82, 2.24) is 19.8 Å². The predicted molar refractivity (Wildman–Crippen MR) is 128 cm³/mol. The van der Waals surface area contributed by atoms with E-state index >= 15 is 0 Å². The number of hydrogen-bond donors (Lipinski definition) is 1. The maximum atomic E-state index is 5.83. The second-order valence-corrected chi connectivity index (χ2v) is 8.78. The number of nitrogens with zero attached hydrogens (tertiary/aromatic N) is 3. The SMILES string of the molecule is COc1ccc(CN2C(=S)NC(c3ccccn3)C2c2cc(C)n(C(C)C)c2C)cc1. The average Bonchev–Trinajstić information content (AvgIpc) is 3.24. The molecule has 0 amide bonds. The monoisotopic (exact) mass is 434 g/mol. The Morgan fingerprint density at radius 3 is 2.45 bits per heavy atom. The van der Waals surface area contributed by atoms with E-state index in [9.17, 15) is 0 Å². The average molecular weight is 435 g/mol. The molecule has 1 fully saturated rings. The quantitative estimate of drug-likeness (QED) is 0.536. The minimum absolute atomic E-state index is 0.00643. The molecule has 31 heavy (non-hydrogen) atoms. The van der Waals surface area contributed by atoms with Crippen molar-refractivity contribution in [3.63, 3.8) is 0 Å². The molecular weight excluding hydrogens is 404 g/mol. The molecule has 3 aromatic rings. The van der Waals surface area contributed by atoms with Crippen LogP contribution in [0.1, 0.15) is 60.2 Å². The zero-order chi connectivity index (χ0) is 22.1. The van der Waals surface area contributed by atoms with Crippen LogP contribution >= 0.6 is 12.2 Å². The summed E-state index contributed by atoms with van der Waals surface area (Å²) in [5, 5.41) is 4.31. The third kappa shape index (κ3) is 4.04. The van der Waals surface area contributed by atoms with Crippen molar-refractivity contribution in [3.8, 4) is 5.75 Å². The van der Waals surface area contributed by atoms with E-state index in [1.807, 2.05) is 30.5 Å². The molecule has 5 nitrogen and oxygen atoms in total. The van der Waals surface area contributed by atoms with Gasteiger partial charge in [0.2, 0.25) is 0 Å². The maximum absolute atomic E-state index is 5.83. The van der Waals surface area contributed by atoms with Gasteiger partial charge in [0.1, 0.15) is 5.75 Å². The highest BCUT2D eigenvalue weighted by Crippen LogP contribution is 2.42. The molecule has 0 saturated carbocycles. The molecule has 2 aromatic heterocycles. The molecule has 6 heteroatoms. The van der Waals surface area contributed by atoms with Crippen LogP contribution in [0.15, 0.2) is 54.7 Å². The Balaban J connectivity index is 1.77. The van der Waals surface area contributed by atoms with Gasteiger partial charge >= 0.3 is 0 Å². The zero-order valence-electron chi connectivity index (χ0n) is 18.8. The molecule has 162 valence electrons. The lowest BCUT2D eigenvalue weighted by Gasteiger charge is -2.28. The summed E-state index contributed by atoms with van der Waals surface area (Å²) in [7, 11) is 1.69. The van der Waals surface area contributed by atoms with Gasteiger partial charge in [0.25, 0.3) is 0 Å². The van der Waals surface area contributed by atoms with Crippen LogP contribution in [0.4, 0.5) is 0 Å². The van der Waals surface area contributed by atoms with E-state index in [0.717, 1.165) is 23.1 Å². The molecule has 1 aliphatic rings. The highest BCUT2D eigenvalue weighted by molar-refractivity contribution is 7.80. The molecule has 2 atom stereocenters. The maximum Gasteiger partial charge on any atom is 0.170 e. The van der Waals surface area contributed by atoms with Crippen LogP contribution in [-0.4, -0.2) is 26.7 Å². The minimum Gasteiger partial charge on any atom is -0.497 e. The number of methoxy groups -OCH3 is 1. The van der Waals surface area contributed by atoms with Crippen molar-refractivity contribution in [3.05, 3.63) is 82.9 Å². The number of rotatable bonds is 6. The molecule has 2 unspecified atom stereocenters. The highest BCUT2D eigenvalue weighted by atomic mass is 32.1. The van der Waals surface area contributed by atoms with Gasteiger partial charge in [0, 0.05) is 30.2 Å². The summed E-state index contributed by atoms with van der Waals surface area (Å²) in [6.07, 6.45) is 1.85. The number of pyridine rings is 1. The molecule has 0 spiro atoms. The third-order valence-corrected chi connectivity index (χ3v) is 6.42. The molecule has 1 aliphatic heterocycles. The van der Waals surface area contributed by atoms with E-state index in [1.54, 1.807) is 7.11 Å². The Labute approximate surface area is 190 Å². The first kappa shape index (κ1) is 21.4. The van der Waals surface area contributed by atoms with Gasteiger partial charge in [-0.25, -0.2) is 0 Å². The van der Waals surface area contributed by atoms with Crippen LogP contribution in [0.5, 0.6) is 5.75 Å². The zero-order valence-corrected chi connectivity index (χ0v) is 19.6. The molecule has 1 saturated heterocycles. The fraction of sp³-hybridized carbons (Fsp3) is 0.360. The van der Waals surface area contributed by atoms with Crippen LogP contribution in [0.3, 0.4) is 0 Å². The van der Waals surface area contributed by atoms with Gasteiger partial charge in [-0.1, -0.05) is 18.2 Å². The lowest BCUT2D eigenvalue weighted by Crippen LogP contribution is -2.29. The molecular formula is C25H30N4OS. The molecule has 1 N–H and O–H groups in total. The van der Waals surface area contributed by atoms with Gasteiger partial charge in [-0.15, -0.1) is 0 Å². The van der Waals surface area contributed by atoms with E-state index < -0.39 is 0 Å². The lowest BCUT2D eigenvalue weighted by atomic mass is 9.96. The van der Waals surface area contributed by atoms with E-state index in [2.05, 4.69) is 71.7 Å².